The van der Waals surface area contributed by atoms with Crippen molar-refractivity contribution in [3.05, 3.63) is 29.8 Å². The van der Waals surface area contributed by atoms with Crippen molar-refractivity contribution in [2.75, 3.05) is 13.2 Å². The highest BCUT2D eigenvalue weighted by molar-refractivity contribution is 5.36. The smallest absolute Gasteiger partial charge is 0.120 e. The van der Waals surface area contributed by atoms with Gasteiger partial charge in [-0.2, -0.15) is 5.26 Å². The molecule has 1 aromatic rings. The number of nitriles is 1. The van der Waals surface area contributed by atoms with Crippen LogP contribution in [-0.4, -0.2) is 30.4 Å². The SMILES string of the molecule is CC(NCC(O)COc1cccc(C#N)c1)C1CC1. The van der Waals surface area contributed by atoms with Crippen molar-refractivity contribution in [1.29, 1.82) is 5.26 Å². The Kier molecular flexibility index (Phi) is 4.78. The van der Waals surface area contributed by atoms with Crippen LogP contribution in [0.2, 0.25) is 0 Å². The monoisotopic (exact) mass is 260 g/mol. The number of rotatable bonds is 7. The zero-order valence-corrected chi connectivity index (χ0v) is 11.2. The highest BCUT2D eigenvalue weighted by atomic mass is 16.5. The molecule has 1 aromatic carbocycles. The van der Waals surface area contributed by atoms with Gasteiger partial charge in [-0.05, 0) is 43.9 Å². The van der Waals surface area contributed by atoms with Crippen LogP contribution in [-0.2, 0) is 0 Å². The molecule has 19 heavy (non-hydrogen) atoms. The molecule has 2 atom stereocenters. The molecule has 0 amide bonds. The first kappa shape index (κ1) is 13.9. The molecule has 2 N–H and O–H groups in total. The molecule has 4 nitrogen and oxygen atoms in total. The van der Waals surface area contributed by atoms with E-state index in [1.807, 2.05) is 0 Å². The van der Waals surface area contributed by atoms with E-state index >= 15 is 0 Å². The van der Waals surface area contributed by atoms with E-state index in [9.17, 15) is 5.11 Å². The van der Waals surface area contributed by atoms with Crippen molar-refractivity contribution in [1.82, 2.24) is 5.32 Å². The average Bonchev–Trinajstić information content (AvgIpc) is 3.27. The second-order valence-corrected chi connectivity index (χ2v) is 5.14. The van der Waals surface area contributed by atoms with Gasteiger partial charge in [-0.15, -0.1) is 0 Å². The predicted octanol–water partition coefficient (Wildman–Crippen LogP) is 1.69. The summed E-state index contributed by atoms with van der Waals surface area (Å²) in [5.41, 5.74) is 0.562. The minimum Gasteiger partial charge on any atom is -0.491 e. The van der Waals surface area contributed by atoms with Crippen molar-refractivity contribution in [2.45, 2.75) is 31.9 Å². The standard InChI is InChI=1S/C15H20N2O2/c1-11(13-5-6-13)17-9-14(18)10-19-15-4-2-3-12(7-15)8-16/h2-4,7,11,13-14,17-18H,5-6,9-10H2,1H3. The minimum absolute atomic E-state index is 0.235. The summed E-state index contributed by atoms with van der Waals surface area (Å²) < 4.78 is 5.48. The first-order valence-electron chi connectivity index (χ1n) is 6.73. The van der Waals surface area contributed by atoms with Crippen LogP contribution in [0.1, 0.15) is 25.3 Å². The van der Waals surface area contributed by atoms with E-state index in [-0.39, 0.29) is 6.61 Å². The fourth-order valence-corrected chi connectivity index (χ4v) is 1.99. The molecule has 1 aliphatic carbocycles. The van der Waals surface area contributed by atoms with Gasteiger partial charge in [0.05, 0.1) is 11.6 Å². The molecule has 0 heterocycles. The maximum Gasteiger partial charge on any atom is 0.120 e. The maximum absolute atomic E-state index is 9.84. The van der Waals surface area contributed by atoms with Crippen molar-refractivity contribution < 1.29 is 9.84 Å². The van der Waals surface area contributed by atoms with Crippen molar-refractivity contribution >= 4 is 0 Å². The molecule has 0 spiro atoms. The van der Waals surface area contributed by atoms with Crippen LogP contribution in [0.5, 0.6) is 5.75 Å². The Morgan fingerprint density at radius 1 is 1.53 bits per heavy atom. The summed E-state index contributed by atoms with van der Waals surface area (Å²) in [5.74, 6) is 1.40. The molecule has 0 saturated heterocycles. The van der Waals surface area contributed by atoms with Crippen LogP contribution in [0, 0.1) is 17.2 Å². The fourth-order valence-electron chi connectivity index (χ4n) is 1.99. The number of nitrogens with zero attached hydrogens (tertiary/aromatic N) is 1. The molecule has 0 aromatic heterocycles. The molecule has 0 bridgehead atoms. The molecule has 1 saturated carbocycles. The fraction of sp³-hybridized carbons (Fsp3) is 0.533. The zero-order chi connectivity index (χ0) is 13.7. The Morgan fingerprint density at radius 2 is 2.32 bits per heavy atom. The lowest BCUT2D eigenvalue weighted by molar-refractivity contribution is 0.103. The van der Waals surface area contributed by atoms with Crippen LogP contribution in [0.15, 0.2) is 24.3 Å². The van der Waals surface area contributed by atoms with E-state index in [2.05, 4.69) is 18.3 Å². The Hall–Kier alpha value is -1.57. The van der Waals surface area contributed by atoms with Gasteiger partial charge in [0.15, 0.2) is 0 Å². The van der Waals surface area contributed by atoms with Gasteiger partial charge < -0.3 is 15.2 Å². The van der Waals surface area contributed by atoms with Crippen LogP contribution < -0.4 is 10.1 Å². The Balaban J connectivity index is 1.70. The van der Waals surface area contributed by atoms with Crippen LogP contribution in [0.25, 0.3) is 0 Å². The molecule has 0 radical (unpaired) electrons. The number of hydrogen-bond acceptors (Lipinski definition) is 4. The number of aliphatic hydroxyl groups is 1. The van der Waals surface area contributed by atoms with E-state index in [0.717, 1.165) is 5.92 Å². The van der Waals surface area contributed by atoms with E-state index < -0.39 is 6.10 Å². The summed E-state index contributed by atoms with van der Waals surface area (Å²) in [6.07, 6.45) is 2.05. The van der Waals surface area contributed by atoms with Gasteiger partial charge in [0, 0.05) is 12.6 Å². The van der Waals surface area contributed by atoms with E-state index in [1.165, 1.54) is 12.8 Å². The molecule has 0 aliphatic heterocycles. The van der Waals surface area contributed by atoms with Gasteiger partial charge in [-0.1, -0.05) is 6.07 Å². The summed E-state index contributed by atoms with van der Waals surface area (Å²) in [6.45, 7) is 2.93. The van der Waals surface area contributed by atoms with Gasteiger partial charge in [-0.3, -0.25) is 0 Å². The Labute approximate surface area is 114 Å². The highest BCUT2D eigenvalue weighted by Gasteiger charge is 2.27. The lowest BCUT2D eigenvalue weighted by Crippen LogP contribution is -2.37. The summed E-state index contributed by atoms with van der Waals surface area (Å²) >= 11 is 0. The predicted molar refractivity (Wildman–Crippen MR) is 72.8 cm³/mol. The van der Waals surface area contributed by atoms with E-state index in [4.69, 9.17) is 10.00 Å². The average molecular weight is 260 g/mol. The summed E-state index contributed by atoms with van der Waals surface area (Å²) in [6, 6.07) is 9.48. The number of hydrogen-bond donors (Lipinski definition) is 2. The molecule has 2 unspecified atom stereocenters. The van der Waals surface area contributed by atoms with Gasteiger partial charge >= 0.3 is 0 Å². The van der Waals surface area contributed by atoms with Crippen LogP contribution >= 0.6 is 0 Å². The van der Waals surface area contributed by atoms with Gasteiger partial charge in [0.2, 0.25) is 0 Å². The lowest BCUT2D eigenvalue weighted by atomic mass is 10.2. The Bertz CT molecular complexity index is 452. The Morgan fingerprint density at radius 3 is 3.00 bits per heavy atom. The van der Waals surface area contributed by atoms with Gasteiger partial charge in [0.1, 0.15) is 18.5 Å². The summed E-state index contributed by atoms with van der Waals surface area (Å²) in [4.78, 5) is 0. The molecule has 1 fully saturated rings. The number of nitrogens with one attached hydrogen (secondary N) is 1. The number of ether oxygens (including phenoxy) is 1. The summed E-state index contributed by atoms with van der Waals surface area (Å²) in [7, 11) is 0. The molecule has 4 heteroatoms. The molecular weight excluding hydrogens is 240 g/mol. The van der Waals surface area contributed by atoms with Gasteiger partial charge in [0.25, 0.3) is 0 Å². The van der Waals surface area contributed by atoms with Crippen molar-refractivity contribution in [3.63, 3.8) is 0 Å². The molecule has 2 rings (SSSR count). The maximum atomic E-state index is 9.84. The van der Waals surface area contributed by atoms with Crippen molar-refractivity contribution in [2.24, 2.45) is 5.92 Å². The highest BCUT2D eigenvalue weighted by Crippen LogP contribution is 2.32. The molecule has 1 aliphatic rings. The van der Waals surface area contributed by atoms with Crippen LogP contribution in [0.3, 0.4) is 0 Å². The molecular formula is C15H20N2O2. The number of benzene rings is 1. The largest absolute Gasteiger partial charge is 0.491 e. The van der Waals surface area contributed by atoms with Crippen molar-refractivity contribution in [3.8, 4) is 11.8 Å². The quantitative estimate of drug-likeness (QED) is 0.783. The number of aliphatic hydroxyl groups excluding tert-OH is 1. The van der Waals surface area contributed by atoms with Crippen LogP contribution in [0.4, 0.5) is 0 Å². The second-order valence-electron chi connectivity index (χ2n) is 5.14. The zero-order valence-electron chi connectivity index (χ0n) is 11.2. The topological polar surface area (TPSA) is 65.3 Å². The van der Waals surface area contributed by atoms with E-state index in [1.54, 1.807) is 24.3 Å². The van der Waals surface area contributed by atoms with Gasteiger partial charge in [-0.25, -0.2) is 0 Å². The third kappa shape index (κ3) is 4.55. The first-order chi connectivity index (χ1) is 9.19. The molecule has 102 valence electrons. The lowest BCUT2D eigenvalue weighted by Gasteiger charge is -2.17. The second kappa shape index (κ2) is 6.55. The third-order valence-corrected chi connectivity index (χ3v) is 3.41. The minimum atomic E-state index is -0.535. The van der Waals surface area contributed by atoms with E-state index in [0.29, 0.717) is 23.9 Å². The summed E-state index contributed by atoms with van der Waals surface area (Å²) in [5, 5.41) is 21.9. The third-order valence-electron chi connectivity index (χ3n) is 3.41. The first-order valence-corrected chi connectivity index (χ1v) is 6.73. The normalized spacial score (nSPS) is 17.5.